The van der Waals surface area contributed by atoms with Crippen molar-refractivity contribution in [3.05, 3.63) is 35.2 Å². The van der Waals surface area contributed by atoms with Crippen LogP contribution in [0.15, 0.2) is 29.6 Å². The summed E-state index contributed by atoms with van der Waals surface area (Å²) in [7, 11) is 0. The first-order chi connectivity index (χ1) is 7.68. The van der Waals surface area contributed by atoms with Gasteiger partial charge >= 0.3 is 0 Å². The number of fused-ring (bicyclic) bond motifs is 1. The highest BCUT2D eigenvalue weighted by Crippen LogP contribution is 2.30. The molecule has 0 radical (unpaired) electrons. The second-order valence-corrected chi connectivity index (χ2v) is 5.26. The van der Waals surface area contributed by atoms with Gasteiger partial charge in [0.15, 0.2) is 0 Å². The summed E-state index contributed by atoms with van der Waals surface area (Å²) in [5.74, 6) is 0. The van der Waals surface area contributed by atoms with E-state index in [9.17, 15) is 0 Å². The van der Waals surface area contributed by atoms with Gasteiger partial charge in [0.25, 0.3) is 0 Å². The Balaban J connectivity index is 2.19. The highest BCUT2D eigenvalue weighted by molar-refractivity contribution is 7.17. The molecule has 2 aromatic rings. The Morgan fingerprint density at radius 3 is 2.69 bits per heavy atom. The molecule has 0 amide bonds. The number of rotatable bonds is 4. The van der Waals surface area contributed by atoms with Crippen molar-refractivity contribution in [2.24, 2.45) is 11.5 Å². The van der Waals surface area contributed by atoms with Crippen LogP contribution in [0.1, 0.15) is 31.4 Å². The highest BCUT2D eigenvalue weighted by atomic mass is 32.1. The van der Waals surface area contributed by atoms with Gasteiger partial charge in [-0.1, -0.05) is 18.2 Å². The first-order valence-electron chi connectivity index (χ1n) is 5.66. The van der Waals surface area contributed by atoms with Crippen LogP contribution in [0.25, 0.3) is 10.1 Å². The van der Waals surface area contributed by atoms with Gasteiger partial charge in [0.2, 0.25) is 0 Å². The van der Waals surface area contributed by atoms with Gasteiger partial charge < -0.3 is 11.5 Å². The average molecular weight is 234 g/mol. The molecule has 2 rings (SSSR count). The molecular weight excluding hydrogens is 216 g/mol. The Hall–Kier alpha value is -0.900. The molecule has 2 nitrogen and oxygen atoms in total. The fourth-order valence-electron chi connectivity index (χ4n) is 1.88. The van der Waals surface area contributed by atoms with Crippen molar-refractivity contribution in [1.82, 2.24) is 0 Å². The molecule has 3 heteroatoms. The molecule has 0 bridgehead atoms. The predicted octanol–water partition coefficient (Wildman–Crippen LogP) is 3.03. The van der Waals surface area contributed by atoms with E-state index in [4.69, 9.17) is 11.5 Å². The molecule has 0 aliphatic rings. The quantitative estimate of drug-likeness (QED) is 0.854. The number of benzene rings is 1. The van der Waals surface area contributed by atoms with Crippen molar-refractivity contribution >= 4 is 21.4 Å². The van der Waals surface area contributed by atoms with Gasteiger partial charge in [-0.05, 0) is 42.2 Å². The largest absolute Gasteiger partial charge is 0.328 e. The fraction of sp³-hybridized carbons (Fsp3) is 0.385. The van der Waals surface area contributed by atoms with E-state index in [1.54, 1.807) is 11.3 Å². The average Bonchev–Trinajstić information content (AvgIpc) is 2.69. The molecule has 16 heavy (non-hydrogen) atoms. The molecule has 86 valence electrons. The van der Waals surface area contributed by atoms with Gasteiger partial charge in [-0.2, -0.15) is 0 Å². The standard InChI is InChI=1S/C13H18N2S/c1-9(14)6-7-12(15)11-8-16-13-5-3-2-4-10(11)13/h2-5,8-9,12H,6-7,14-15H2,1H3. The molecule has 1 aromatic carbocycles. The molecule has 2 atom stereocenters. The minimum atomic E-state index is 0.113. The zero-order chi connectivity index (χ0) is 11.5. The van der Waals surface area contributed by atoms with Crippen molar-refractivity contribution in [3.63, 3.8) is 0 Å². The third-order valence-electron chi connectivity index (χ3n) is 2.84. The van der Waals surface area contributed by atoms with E-state index < -0.39 is 0 Å². The second kappa shape index (κ2) is 4.95. The molecule has 0 fully saturated rings. The second-order valence-electron chi connectivity index (χ2n) is 4.35. The van der Waals surface area contributed by atoms with Gasteiger partial charge in [-0.3, -0.25) is 0 Å². The summed E-state index contributed by atoms with van der Waals surface area (Å²) < 4.78 is 1.31. The third-order valence-corrected chi connectivity index (χ3v) is 3.83. The maximum absolute atomic E-state index is 6.20. The molecule has 0 saturated heterocycles. The summed E-state index contributed by atoms with van der Waals surface area (Å²) in [4.78, 5) is 0. The first-order valence-corrected chi connectivity index (χ1v) is 6.53. The highest BCUT2D eigenvalue weighted by Gasteiger charge is 2.11. The Morgan fingerprint density at radius 2 is 1.94 bits per heavy atom. The van der Waals surface area contributed by atoms with Crippen molar-refractivity contribution in [1.29, 1.82) is 0 Å². The van der Waals surface area contributed by atoms with Crippen LogP contribution in [-0.4, -0.2) is 6.04 Å². The minimum Gasteiger partial charge on any atom is -0.328 e. The van der Waals surface area contributed by atoms with Gasteiger partial charge in [0.05, 0.1) is 0 Å². The van der Waals surface area contributed by atoms with Crippen molar-refractivity contribution in [2.45, 2.75) is 31.8 Å². The van der Waals surface area contributed by atoms with E-state index in [1.807, 2.05) is 6.92 Å². The molecule has 0 aliphatic heterocycles. The van der Waals surface area contributed by atoms with Crippen LogP contribution in [0.4, 0.5) is 0 Å². The van der Waals surface area contributed by atoms with Gasteiger partial charge in [-0.25, -0.2) is 0 Å². The van der Waals surface area contributed by atoms with E-state index in [2.05, 4.69) is 29.6 Å². The zero-order valence-electron chi connectivity index (χ0n) is 9.52. The molecule has 0 spiro atoms. The van der Waals surface area contributed by atoms with Crippen LogP contribution in [0.5, 0.6) is 0 Å². The lowest BCUT2D eigenvalue weighted by Crippen LogP contribution is -2.18. The minimum absolute atomic E-state index is 0.113. The lowest BCUT2D eigenvalue weighted by molar-refractivity contribution is 0.558. The van der Waals surface area contributed by atoms with Crippen LogP contribution in [-0.2, 0) is 0 Å². The molecule has 2 unspecified atom stereocenters. The third kappa shape index (κ3) is 2.43. The Labute approximate surface area is 100 Å². The number of nitrogens with two attached hydrogens (primary N) is 2. The summed E-state index contributed by atoms with van der Waals surface area (Å²) in [6, 6.07) is 8.76. The zero-order valence-corrected chi connectivity index (χ0v) is 10.3. The van der Waals surface area contributed by atoms with Crippen molar-refractivity contribution in [3.8, 4) is 0 Å². The van der Waals surface area contributed by atoms with Crippen molar-refractivity contribution in [2.75, 3.05) is 0 Å². The fourth-order valence-corrected chi connectivity index (χ4v) is 2.91. The smallest absolute Gasteiger partial charge is 0.0346 e. The molecule has 4 N–H and O–H groups in total. The summed E-state index contributed by atoms with van der Waals surface area (Å²) in [6.07, 6.45) is 1.93. The monoisotopic (exact) mass is 234 g/mol. The summed E-state index contributed by atoms with van der Waals surface area (Å²) in [6.45, 7) is 2.03. The predicted molar refractivity (Wildman–Crippen MR) is 71.6 cm³/mol. The molecule has 1 aromatic heterocycles. The maximum Gasteiger partial charge on any atom is 0.0346 e. The Kier molecular flexibility index (Phi) is 3.59. The van der Waals surface area contributed by atoms with Crippen molar-refractivity contribution < 1.29 is 0 Å². The van der Waals surface area contributed by atoms with Crippen LogP contribution in [0.2, 0.25) is 0 Å². The normalized spacial score (nSPS) is 15.2. The van der Waals surface area contributed by atoms with E-state index >= 15 is 0 Å². The molecule has 0 saturated carbocycles. The lowest BCUT2D eigenvalue weighted by Gasteiger charge is -2.12. The Bertz CT molecular complexity index is 462. The first kappa shape index (κ1) is 11.6. The molecular formula is C13H18N2S. The number of hydrogen-bond acceptors (Lipinski definition) is 3. The number of hydrogen-bond donors (Lipinski definition) is 2. The van der Waals surface area contributed by atoms with E-state index in [1.165, 1.54) is 15.6 Å². The summed E-state index contributed by atoms with van der Waals surface area (Å²) >= 11 is 1.77. The van der Waals surface area contributed by atoms with Crippen LogP contribution in [0, 0.1) is 0 Å². The topological polar surface area (TPSA) is 52.0 Å². The van der Waals surface area contributed by atoms with Crippen LogP contribution in [0.3, 0.4) is 0 Å². The SMILES string of the molecule is CC(N)CCC(N)c1csc2ccccc12. The maximum atomic E-state index is 6.20. The van der Waals surface area contributed by atoms with Crippen LogP contribution < -0.4 is 11.5 Å². The lowest BCUT2D eigenvalue weighted by atomic mass is 10.0. The van der Waals surface area contributed by atoms with Gasteiger partial charge in [0.1, 0.15) is 0 Å². The van der Waals surface area contributed by atoms with Gasteiger partial charge in [-0.15, -0.1) is 11.3 Å². The molecule has 0 aliphatic carbocycles. The van der Waals surface area contributed by atoms with Crippen LogP contribution >= 0.6 is 11.3 Å². The van der Waals surface area contributed by atoms with E-state index in [0.717, 1.165) is 12.8 Å². The number of thiophene rings is 1. The summed E-state index contributed by atoms with van der Waals surface area (Å²) in [5.41, 5.74) is 13.2. The van der Waals surface area contributed by atoms with Gasteiger partial charge in [0, 0.05) is 16.8 Å². The van der Waals surface area contributed by atoms with E-state index in [0.29, 0.717) is 0 Å². The van der Waals surface area contributed by atoms with E-state index in [-0.39, 0.29) is 12.1 Å². The summed E-state index contributed by atoms with van der Waals surface area (Å²) in [5, 5.41) is 3.47. The molecule has 1 heterocycles. The Morgan fingerprint density at radius 1 is 1.19 bits per heavy atom.